The number of anilines is 1. The lowest BCUT2D eigenvalue weighted by Gasteiger charge is -2.25. The first-order valence-corrected chi connectivity index (χ1v) is 8.84. The predicted molar refractivity (Wildman–Crippen MR) is 105 cm³/mol. The van der Waals surface area contributed by atoms with Crippen molar-refractivity contribution in [1.29, 1.82) is 0 Å². The highest BCUT2D eigenvalue weighted by molar-refractivity contribution is 5.89. The van der Waals surface area contributed by atoms with E-state index in [1.165, 1.54) is 5.56 Å². The Kier molecular flexibility index (Phi) is 5.49. The molecule has 0 spiro atoms. The molecule has 2 aromatic heterocycles. The topological polar surface area (TPSA) is 75.9 Å². The van der Waals surface area contributed by atoms with Gasteiger partial charge in [-0.05, 0) is 55.8 Å². The van der Waals surface area contributed by atoms with Gasteiger partial charge in [0.25, 0.3) is 0 Å². The molecule has 2 heterocycles. The molecule has 3 rings (SSSR count). The van der Waals surface area contributed by atoms with Gasteiger partial charge in [0.05, 0.1) is 0 Å². The third-order valence-corrected chi connectivity index (χ3v) is 4.56. The smallest absolute Gasteiger partial charge is 0.321 e. The maximum atomic E-state index is 12.5. The molecule has 0 aliphatic carbocycles. The Bertz CT molecular complexity index is 918. The fourth-order valence-electron chi connectivity index (χ4n) is 2.81. The Morgan fingerprint density at radius 2 is 2.00 bits per heavy atom. The van der Waals surface area contributed by atoms with Crippen LogP contribution in [0.4, 0.5) is 10.5 Å². The number of nitrogens with zero attached hydrogens (tertiary/aromatic N) is 5. The number of carbonyl (C=O) groups is 1. The van der Waals surface area contributed by atoms with Crippen LogP contribution in [0.3, 0.4) is 0 Å². The van der Waals surface area contributed by atoms with E-state index in [1.54, 1.807) is 24.5 Å². The van der Waals surface area contributed by atoms with Crippen molar-refractivity contribution in [2.75, 3.05) is 12.4 Å². The molecule has 0 fully saturated rings. The Labute approximate surface area is 159 Å². The number of urea groups is 1. The van der Waals surface area contributed by atoms with Gasteiger partial charge in [0, 0.05) is 49.7 Å². The van der Waals surface area contributed by atoms with Crippen LogP contribution < -0.4 is 5.32 Å². The highest BCUT2D eigenvalue weighted by atomic mass is 16.2. The number of aromatic nitrogens is 4. The first-order chi connectivity index (χ1) is 12.9. The molecule has 0 aliphatic heterocycles. The van der Waals surface area contributed by atoms with E-state index in [2.05, 4.69) is 20.5 Å². The van der Waals surface area contributed by atoms with Gasteiger partial charge in [0.2, 0.25) is 0 Å². The van der Waals surface area contributed by atoms with E-state index in [9.17, 15) is 4.79 Å². The van der Waals surface area contributed by atoms with Crippen LogP contribution in [0, 0.1) is 6.92 Å². The van der Waals surface area contributed by atoms with E-state index in [0.717, 1.165) is 22.8 Å². The fourth-order valence-corrected chi connectivity index (χ4v) is 2.81. The number of hydrogen-bond donors (Lipinski definition) is 1. The minimum absolute atomic E-state index is 0.0252. The van der Waals surface area contributed by atoms with Crippen LogP contribution >= 0.6 is 0 Å². The monoisotopic (exact) mass is 364 g/mol. The van der Waals surface area contributed by atoms with Crippen molar-refractivity contribution in [3.63, 3.8) is 0 Å². The van der Waals surface area contributed by atoms with E-state index in [0.29, 0.717) is 6.42 Å². The average molecular weight is 364 g/mol. The number of pyridine rings is 1. The van der Waals surface area contributed by atoms with E-state index in [-0.39, 0.29) is 12.1 Å². The number of rotatable bonds is 5. The van der Waals surface area contributed by atoms with Gasteiger partial charge in [0.1, 0.15) is 6.33 Å². The quantitative estimate of drug-likeness (QED) is 0.754. The molecule has 3 aromatic rings. The maximum absolute atomic E-state index is 12.5. The zero-order valence-corrected chi connectivity index (χ0v) is 16.0. The Hall–Kier alpha value is -3.22. The summed E-state index contributed by atoms with van der Waals surface area (Å²) in [5.74, 6) is 0.782. The van der Waals surface area contributed by atoms with Gasteiger partial charge in [-0.25, -0.2) is 4.79 Å². The second-order valence-electron chi connectivity index (χ2n) is 6.76. The SMILES string of the molecule is Cc1ccnc(C[C@H](C)N(C)C(=O)Nc2ccc(-c3nncn3C)cc2)c1. The molecule has 0 bridgehead atoms. The number of aryl methyl sites for hydroxylation is 2. The minimum Gasteiger partial charge on any atom is -0.324 e. The van der Waals surface area contributed by atoms with E-state index in [1.807, 2.05) is 61.9 Å². The highest BCUT2D eigenvalue weighted by Gasteiger charge is 2.17. The number of carbonyl (C=O) groups excluding carboxylic acids is 1. The van der Waals surface area contributed by atoms with Crippen LogP contribution in [0.5, 0.6) is 0 Å². The molecule has 7 heteroatoms. The minimum atomic E-state index is -0.151. The Balaban J connectivity index is 1.61. The maximum Gasteiger partial charge on any atom is 0.321 e. The molecule has 2 amide bonds. The number of hydrogen-bond acceptors (Lipinski definition) is 4. The number of benzene rings is 1. The number of likely N-dealkylation sites (N-methyl/N-ethyl adjacent to an activating group) is 1. The van der Waals surface area contributed by atoms with Gasteiger partial charge in [-0.3, -0.25) is 4.98 Å². The van der Waals surface area contributed by atoms with Gasteiger partial charge < -0.3 is 14.8 Å². The van der Waals surface area contributed by atoms with Crippen LogP contribution in [-0.4, -0.2) is 43.8 Å². The van der Waals surface area contributed by atoms with Gasteiger partial charge in [-0.1, -0.05) is 0 Å². The van der Waals surface area contributed by atoms with Gasteiger partial charge in [0.15, 0.2) is 5.82 Å². The van der Waals surface area contributed by atoms with Crippen LogP contribution in [0.1, 0.15) is 18.2 Å². The Morgan fingerprint density at radius 1 is 1.26 bits per heavy atom. The summed E-state index contributed by atoms with van der Waals surface area (Å²) in [4.78, 5) is 18.6. The largest absolute Gasteiger partial charge is 0.324 e. The van der Waals surface area contributed by atoms with E-state index < -0.39 is 0 Å². The zero-order chi connectivity index (χ0) is 19.4. The second-order valence-corrected chi connectivity index (χ2v) is 6.76. The van der Waals surface area contributed by atoms with Crippen molar-refractivity contribution in [3.8, 4) is 11.4 Å². The van der Waals surface area contributed by atoms with E-state index in [4.69, 9.17) is 0 Å². The van der Waals surface area contributed by atoms with Crippen molar-refractivity contribution < 1.29 is 4.79 Å². The van der Waals surface area contributed by atoms with Gasteiger partial charge in [-0.15, -0.1) is 10.2 Å². The van der Waals surface area contributed by atoms with E-state index >= 15 is 0 Å². The van der Waals surface area contributed by atoms with Crippen molar-refractivity contribution in [2.45, 2.75) is 26.3 Å². The molecule has 0 unspecified atom stereocenters. The molecule has 0 saturated carbocycles. The molecule has 27 heavy (non-hydrogen) atoms. The summed E-state index contributed by atoms with van der Waals surface area (Å²) in [5.41, 5.74) is 3.83. The van der Waals surface area contributed by atoms with Crippen molar-refractivity contribution in [1.82, 2.24) is 24.6 Å². The van der Waals surface area contributed by atoms with Gasteiger partial charge >= 0.3 is 6.03 Å². The third-order valence-electron chi connectivity index (χ3n) is 4.56. The predicted octanol–water partition coefficient (Wildman–Crippen LogP) is 3.28. The molecule has 0 radical (unpaired) electrons. The highest BCUT2D eigenvalue weighted by Crippen LogP contribution is 2.19. The summed E-state index contributed by atoms with van der Waals surface area (Å²) in [7, 11) is 3.69. The molecule has 1 aromatic carbocycles. The first-order valence-electron chi connectivity index (χ1n) is 8.84. The molecule has 0 saturated heterocycles. The zero-order valence-electron chi connectivity index (χ0n) is 16.0. The molecule has 1 atom stereocenters. The van der Waals surface area contributed by atoms with Crippen LogP contribution in [0.2, 0.25) is 0 Å². The summed E-state index contributed by atoms with van der Waals surface area (Å²) in [6, 6.07) is 11.5. The fraction of sp³-hybridized carbons (Fsp3) is 0.300. The number of nitrogens with one attached hydrogen (secondary N) is 1. The molecular formula is C20H24N6O. The normalized spacial score (nSPS) is 11.9. The average Bonchev–Trinajstić information content (AvgIpc) is 3.07. The second kappa shape index (κ2) is 7.99. The standard InChI is InChI=1S/C20H24N6O/c1-14-9-10-21-18(11-14)12-15(2)26(4)20(27)23-17-7-5-16(6-8-17)19-24-22-13-25(19)3/h5-11,13,15H,12H2,1-4H3,(H,23,27)/t15-/m0/s1. The summed E-state index contributed by atoms with van der Waals surface area (Å²) < 4.78 is 1.85. The molecule has 0 aliphatic rings. The number of amides is 2. The molecule has 1 N–H and O–H groups in total. The first kappa shape index (κ1) is 18.6. The summed E-state index contributed by atoms with van der Waals surface area (Å²) in [5, 5.41) is 10.9. The van der Waals surface area contributed by atoms with Crippen molar-refractivity contribution in [2.24, 2.45) is 7.05 Å². The van der Waals surface area contributed by atoms with Gasteiger partial charge in [-0.2, -0.15) is 0 Å². The molecular weight excluding hydrogens is 340 g/mol. The van der Waals surface area contributed by atoms with Crippen molar-refractivity contribution in [3.05, 3.63) is 60.2 Å². The summed E-state index contributed by atoms with van der Waals surface area (Å²) in [6.07, 6.45) is 4.16. The third kappa shape index (κ3) is 4.49. The lowest BCUT2D eigenvalue weighted by Crippen LogP contribution is -2.39. The van der Waals surface area contributed by atoms with Crippen LogP contribution in [0.15, 0.2) is 48.9 Å². The molecule has 7 nitrogen and oxygen atoms in total. The van der Waals surface area contributed by atoms with Crippen LogP contribution in [0.25, 0.3) is 11.4 Å². The van der Waals surface area contributed by atoms with Crippen molar-refractivity contribution >= 4 is 11.7 Å². The summed E-state index contributed by atoms with van der Waals surface area (Å²) in [6.45, 7) is 4.05. The molecule has 140 valence electrons. The lowest BCUT2D eigenvalue weighted by atomic mass is 10.1. The Morgan fingerprint density at radius 3 is 2.63 bits per heavy atom. The lowest BCUT2D eigenvalue weighted by molar-refractivity contribution is 0.207. The van der Waals surface area contributed by atoms with Crippen LogP contribution in [-0.2, 0) is 13.5 Å². The summed E-state index contributed by atoms with van der Waals surface area (Å²) >= 11 is 0.